The van der Waals surface area contributed by atoms with Crippen LogP contribution >= 0.6 is 11.6 Å². The van der Waals surface area contributed by atoms with Gasteiger partial charge in [0.05, 0.1) is 20.1 Å². The molecule has 1 aliphatic carbocycles. The van der Waals surface area contributed by atoms with Crippen LogP contribution in [0.15, 0.2) is 29.8 Å². The fourth-order valence-electron chi connectivity index (χ4n) is 3.08. The average Bonchev–Trinajstić information content (AvgIpc) is 2.73. The Bertz CT molecular complexity index is 776. The molecule has 0 amide bonds. The largest absolute Gasteiger partial charge is 0.600 e. The van der Waals surface area contributed by atoms with Gasteiger partial charge in [-0.05, 0) is 24.1 Å². The van der Waals surface area contributed by atoms with Crippen molar-refractivity contribution in [3.63, 3.8) is 0 Å². The van der Waals surface area contributed by atoms with E-state index in [1.165, 1.54) is 13.0 Å². The summed E-state index contributed by atoms with van der Waals surface area (Å²) in [4.78, 5) is 35.3. The van der Waals surface area contributed by atoms with E-state index in [0.717, 1.165) is 14.2 Å². The SMILES string of the molecule is COC(=O)C1=Cc2ccccc2[C@@H]([C@H](C)[NH+]([O-])O)[C@@](Cl)(C(=O)OC)C1=O. The topological polar surface area (TPSA) is 117 Å². The van der Waals surface area contributed by atoms with Crippen LogP contribution in [0.3, 0.4) is 0 Å². The number of hydrogen-bond donors (Lipinski definition) is 2. The molecule has 0 bridgehead atoms. The number of ether oxygens (including phenoxy) is 2. The van der Waals surface area contributed by atoms with E-state index < -0.39 is 45.4 Å². The predicted octanol–water partition coefficient (Wildman–Crippen LogP) is 0.220. The summed E-state index contributed by atoms with van der Waals surface area (Å²) in [7, 11) is 2.11. The van der Waals surface area contributed by atoms with Crippen molar-refractivity contribution >= 4 is 35.4 Å². The maximum absolute atomic E-state index is 13.1. The molecule has 0 aromatic heterocycles. The molecule has 8 nitrogen and oxygen atoms in total. The highest BCUT2D eigenvalue weighted by atomic mass is 35.5. The van der Waals surface area contributed by atoms with Crippen LogP contribution in [0.5, 0.6) is 0 Å². The van der Waals surface area contributed by atoms with E-state index in [1.54, 1.807) is 24.3 Å². The van der Waals surface area contributed by atoms with Crippen molar-refractivity contribution in [1.29, 1.82) is 0 Å². The first-order valence-electron chi connectivity index (χ1n) is 7.64. The molecule has 0 spiro atoms. The molecule has 0 aliphatic heterocycles. The molecule has 1 aromatic rings. The van der Waals surface area contributed by atoms with E-state index in [0.29, 0.717) is 11.1 Å². The van der Waals surface area contributed by atoms with Gasteiger partial charge in [-0.25, -0.2) is 20.0 Å². The second kappa shape index (κ2) is 7.55. The van der Waals surface area contributed by atoms with Crippen molar-refractivity contribution in [2.75, 3.05) is 14.2 Å². The number of carbonyl (C=O) groups is 3. The standard InChI is InChI=1S/C17H18ClNO7/c1-9(19(23)24)13-11-7-5-4-6-10(11)8-12(15(21)25-2)14(20)17(13,18)16(22)26-3/h4-9,13,19,23H,1-3H3/t9-,13+,17-/m0/s1. The van der Waals surface area contributed by atoms with Gasteiger partial charge in [0.1, 0.15) is 11.6 Å². The lowest BCUT2D eigenvalue weighted by Crippen LogP contribution is -3.09. The fraction of sp³-hybridized carbons (Fsp3) is 0.353. The summed E-state index contributed by atoms with van der Waals surface area (Å²) >= 11 is 6.47. The van der Waals surface area contributed by atoms with Gasteiger partial charge in [0.25, 0.3) is 0 Å². The summed E-state index contributed by atoms with van der Waals surface area (Å²) in [6, 6.07) is 5.20. The summed E-state index contributed by atoms with van der Waals surface area (Å²) in [6.07, 6.45) is 1.25. The molecule has 1 aromatic carbocycles. The van der Waals surface area contributed by atoms with Gasteiger partial charge in [-0.15, -0.1) is 0 Å². The maximum atomic E-state index is 13.1. The van der Waals surface area contributed by atoms with Gasteiger partial charge in [-0.1, -0.05) is 35.9 Å². The monoisotopic (exact) mass is 383 g/mol. The first-order chi connectivity index (χ1) is 12.2. The van der Waals surface area contributed by atoms with Crippen LogP contribution in [0.2, 0.25) is 0 Å². The Balaban J connectivity index is 2.86. The lowest BCUT2D eigenvalue weighted by molar-refractivity contribution is -1.07. The average molecular weight is 384 g/mol. The third-order valence-corrected chi connectivity index (χ3v) is 4.97. The van der Waals surface area contributed by atoms with Crippen molar-refractivity contribution in [2.24, 2.45) is 0 Å². The minimum Gasteiger partial charge on any atom is -0.600 e. The number of halogens is 1. The minimum absolute atomic E-state index is 0.343. The number of quaternary nitrogens is 1. The molecule has 1 aliphatic rings. The highest BCUT2D eigenvalue weighted by Crippen LogP contribution is 2.44. The number of nitrogens with one attached hydrogen (secondary N) is 1. The van der Waals surface area contributed by atoms with Crippen molar-refractivity contribution in [1.82, 2.24) is 0 Å². The molecule has 2 rings (SSSR count). The number of hydroxylamine groups is 2. The summed E-state index contributed by atoms with van der Waals surface area (Å²) in [5.41, 5.74) is 0.279. The number of ketones is 1. The Morgan fingerprint density at radius 2 is 1.92 bits per heavy atom. The zero-order chi connectivity index (χ0) is 19.6. The van der Waals surface area contributed by atoms with E-state index >= 15 is 0 Å². The zero-order valence-corrected chi connectivity index (χ0v) is 15.1. The molecule has 2 N–H and O–H groups in total. The van der Waals surface area contributed by atoms with Crippen molar-refractivity contribution in [2.45, 2.75) is 23.8 Å². The van der Waals surface area contributed by atoms with E-state index in [4.69, 9.17) is 16.3 Å². The molecular formula is C17H18ClNO7. The molecule has 0 fully saturated rings. The number of esters is 2. The van der Waals surface area contributed by atoms with E-state index in [2.05, 4.69) is 4.74 Å². The molecule has 0 radical (unpaired) electrons. The van der Waals surface area contributed by atoms with Crippen LogP contribution in [-0.4, -0.2) is 48.1 Å². The Hall–Kier alpha value is -2.26. The fourth-order valence-corrected chi connectivity index (χ4v) is 3.57. The van der Waals surface area contributed by atoms with Gasteiger partial charge < -0.3 is 14.7 Å². The van der Waals surface area contributed by atoms with E-state index in [9.17, 15) is 24.8 Å². The van der Waals surface area contributed by atoms with Crippen LogP contribution in [0, 0.1) is 5.21 Å². The number of methoxy groups -OCH3 is 2. The number of alkyl halides is 1. The normalized spacial score (nSPS) is 24.6. The van der Waals surface area contributed by atoms with E-state index in [1.807, 2.05) is 0 Å². The third-order valence-electron chi connectivity index (χ3n) is 4.41. The summed E-state index contributed by atoms with van der Waals surface area (Å²) in [5, 5.41) is 19.9. The Kier molecular flexibility index (Phi) is 5.82. The van der Waals surface area contributed by atoms with Crippen molar-refractivity contribution in [3.05, 3.63) is 46.2 Å². The second-order valence-electron chi connectivity index (χ2n) is 5.82. The predicted molar refractivity (Wildman–Crippen MR) is 90.4 cm³/mol. The van der Waals surface area contributed by atoms with Gasteiger partial charge in [-0.3, -0.25) is 4.79 Å². The number of carbonyl (C=O) groups excluding carboxylic acids is 3. The van der Waals surface area contributed by atoms with Crippen LogP contribution in [0.25, 0.3) is 6.08 Å². The first kappa shape index (κ1) is 20.1. The van der Waals surface area contributed by atoms with Gasteiger partial charge in [0, 0.05) is 0 Å². The Morgan fingerprint density at radius 3 is 2.46 bits per heavy atom. The molecule has 9 heteroatoms. The Morgan fingerprint density at radius 1 is 1.31 bits per heavy atom. The Labute approximate surface area is 154 Å². The van der Waals surface area contributed by atoms with Gasteiger partial charge in [-0.2, -0.15) is 0 Å². The lowest BCUT2D eigenvalue weighted by atomic mass is 9.77. The van der Waals surface area contributed by atoms with E-state index in [-0.39, 0.29) is 0 Å². The summed E-state index contributed by atoms with van der Waals surface area (Å²) in [5.74, 6) is -4.46. The van der Waals surface area contributed by atoms with Crippen LogP contribution in [-0.2, 0) is 23.9 Å². The number of rotatable bonds is 4. The molecule has 0 saturated heterocycles. The quantitative estimate of drug-likeness (QED) is 0.251. The van der Waals surface area contributed by atoms with Gasteiger partial charge >= 0.3 is 11.9 Å². The highest BCUT2D eigenvalue weighted by Gasteiger charge is 2.59. The molecule has 1 unspecified atom stereocenters. The number of benzene rings is 1. The van der Waals surface area contributed by atoms with Crippen LogP contribution in [0.1, 0.15) is 24.0 Å². The summed E-state index contributed by atoms with van der Waals surface area (Å²) in [6.45, 7) is 1.33. The summed E-state index contributed by atoms with van der Waals surface area (Å²) < 4.78 is 9.32. The second-order valence-corrected chi connectivity index (χ2v) is 6.41. The number of fused-ring (bicyclic) bond motifs is 1. The molecule has 140 valence electrons. The van der Waals surface area contributed by atoms with Crippen LogP contribution < -0.4 is 5.23 Å². The first-order valence-corrected chi connectivity index (χ1v) is 8.01. The maximum Gasteiger partial charge on any atom is 0.341 e. The molecule has 0 heterocycles. The molecule has 4 atom stereocenters. The number of Topliss-reactive ketones (excluding diaryl/α,β-unsaturated/α-hetero) is 1. The van der Waals surface area contributed by atoms with Crippen LogP contribution in [0.4, 0.5) is 0 Å². The van der Waals surface area contributed by atoms with Gasteiger partial charge in [0.15, 0.2) is 0 Å². The smallest absolute Gasteiger partial charge is 0.341 e. The zero-order valence-electron chi connectivity index (χ0n) is 14.3. The van der Waals surface area contributed by atoms with Gasteiger partial charge in [0.2, 0.25) is 10.7 Å². The molecular weight excluding hydrogens is 366 g/mol. The third kappa shape index (κ3) is 3.12. The van der Waals surface area contributed by atoms with Crippen molar-refractivity contribution in [3.8, 4) is 0 Å². The van der Waals surface area contributed by atoms with Crippen molar-refractivity contribution < 1.29 is 34.3 Å². The molecule has 0 saturated carbocycles. The highest BCUT2D eigenvalue weighted by molar-refractivity contribution is 6.51. The lowest BCUT2D eigenvalue weighted by Gasteiger charge is -2.36. The molecule has 26 heavy (non-hydrogen) atoms. The number of hydrogen-bond acceptors (Lipinski definition) is 7. The minimum atomic E-state index is -2.43.